The molecule has 0 bridgehead atoms. The van der Waals surface area contributed by atoms with Gasteiger partial charge in [-0.2, -0.15) is 43.9 Å². The molecule has 22 N–H and O–H groups in total. The molecule has 145 heavy (non-hydrogen) atoms. The molecule has 18 atom stereocenters. The van der Waals surface area contributed by atoms with Crippen LogP contribution in [0.2, 0.25) is 0 Å². The number of benzene rings is 2. The Kier molecular flexibility index (Phi) is 43.0. The van der Waals surface area contributed by atoms with Gasteiger partial charge in [0, 0.05) is 70.0 Å². The van der Waals surface area contributed by atoms with E-state index in [-0.39, 0.29) is 115 Å². The highest BCUT2D eigenvalue weighted by Gasteiger charge is 2.57. The maximum absolute atomic E-state index is 14.3. The number of hydrogen-bond donors (Lipinski definition) is 18. The Morgan fingerprint density at radius 3 is 1.48 bits per heavy atom. The van der Waals surface area contributed by atoms with Gasteiger partial charge in [-0.15, -0.1) is 9.05 Å². The molecule has 10 heterocycles. The first-order chi connectivity index (χ1) is 68.7. The molecule has 4 saturated heterocycles. The monoisotopic (exact) mass is 2190 g/mol. The van der Waals surface area contributed by atoms with E-state index >= 15 is 0 Å². The van der Waals surface area contributed by atoms with Crippen molar-refractivity contribution in [1.82, 2.24) is 74.1 Å². The van der Waals surface area contributed by atoms with Gasteiger partial charge in [0.25, 0.3) is 0 Å². The van der Waals surface area contributed by atoms with E-state index in [1.807, 2.05) is 6.26 Å². The first kappa shape index (κ1) is 116. The topological polar surface area (TPSA) is 899 Å². The van der Waals surface area contributed by atoms with E-state index in [0.717, 1.165) is 15.5 Å². The van der Waals surface area contributed by atoms with Crippen molar-refractivity contribution in [3.8, 4) is 6.07 Å². The average Bonchev–Trinajstić information content (AvgIpc) is 1.62. The molecule has 0 radical (unpaired) electrons. The number of ether oxygens (including phenoxy) is 9. The van der Waals surface area contributed by atoms with Crippen molar-refractivity contribution in [2.75, 3.05) is 81.6 Å². The number of nitriles is 1. The molecule has 0 saturated carbocycles. The molecule has 4 fully saturated rings. The maximum atomic E-state index is 14.3. The molecule has 69 heteroatoms. The summed E-state index contributed by atoms with van der Waals surface area (Å²) in [7, 11) is -14.0. The summed E-state index contributed by atoms with van der Waals surface area (Å²) in [6.45, 7) is 3.30. The molecular formula is C76H104N26O35P4S4+2. The number of rotatable bonds is 45. The second-order valence-corrected chi connectivity index (χ2v) is 43.2. The van der Waals surface area contributed by atoms with Crippen molar-refractivity contribution in [1.29, 1.82) is 5.26 Å². The molecule has 2 aromatic carbocycles. The number of phosphoric ester groups is 2. The van der Waals surface area contributed by atoms with Crippen LogP contribution in [0.5, 0.6) is 0 Å². The fourth-order valence-electron chi connectivity index (χ4n) is 14.1. The van der Waals surface area contributed by atoms with Crippen molar-refractivity contribution in [2.45, 2.75) is 188 Å². The minimum Gasteiger partial charge on any atom is -0.455 e. The Morgan fingerprint density at radius 2 is 1.04 bits per heavy atom. The van der Waals surface area contributed by atoms with Gasteiger partial charge in [0.2, 0.25) is 0 Å². The minimum atomic E-state index is -5.11. The molecule has 4 aliphatic heterocycles. The number of nitrogens with two attached hydrogens (primary N) is 4. The number of anilines is 4. The fraction of sp³-hybridized carbons (Fsp3) is 0.526. The molecule has 12 rings (SSSR count). The average molecular weight is 2190 g/mol. The van der Waals surface area contributed by atoms with E-state index in [9.17, 15) is 87.4 Å². The van der Waals surface area contributed by atoms with Crippen LogP contribution in [0.25, 0.3) is 43.2 Å². The number of carbonyl (C=O) groups excluding carboxylic acids is 5. The normalized spacial score (nSPS) is 21.8. The summed E-state index contributed by atoms with van der Waals surface area (Å²) in [4.78, 5) is 206. The number of aliphatic hydroxyl groups is 3. The van der Waals surface area contributed by atoms with Crippen LogP contribution in [-0.2, 0) is 102 Å². The first-order valence-corrected chi connectivity index (χ1v) is 54.2. The summed E-state index contributed by atoms with van der Waals surface area (Å²) in [6.07, 6.45) is -10.7. The third kappa shape index (κ3) is 35.0. The lowest BCUT2D eigenvalue weighted by Gasteiger charge is -2.26. The highest BCUT2D eigenvalue weighted by molar-refractivity contribution is 8.77. The van der Waals surface area contributed by atoms with Gasteiger partial charge in [-0.1, -0.05) is 109 Å². The fourth-order valence-corrected chi connectivity index (χ4v) is 20.7. The van der Waals surface area contributed by atoms with Gasteiger partial charge >= 0.3 is 73.6 Å². The second-order valence-electron chi connectivity index (χ2n) is 32.3. The summed E-state index contributed by atoms with van der Waals surface area (Å²) in [5.74, 6) is -1.95. The molecule has 3 amide bonds. The SMILES string of the molecule is CSS[C@@H](CC[C@H](C)C(=O)OCC#N)CNC(=O)OCc1ccccc1N=[N+]=[N-].CSS[C@@H](CC[C@H](NC(=O)OC(C)(C)C)C(=O)O[C@H]1[C@@H](O)[C@H](n2cnc3c(N)ncnc32)O[C@@H]1CO[P+](O)(O)O[C@H]1C[C@H](n2ccc(N)nc2=O)O[C@@H]1COP(=O)(O)O)CNC(=O)OCc1ccccc1N=[N+]=[N-].Nc1ccn([C@H]2C[C@H](O[P+](O)(O)OC[C@H]3O[C@@H](n4cnc5c(N)ncnc54)[C@H](O)[C@@H]3O)[C@@H](COP(=O)(O)O)O2)c(=O)n1. The van der Waals surface area contributed by atoms with Gasteiger partial charge in [0.15, 0.2) is 48.1 Å². The summed E-state index contributed by atoms with van der Waals surface area (Å²) in [5.41, 5.74) is 40.1. The molecule has 790 valence electrons. The Bertz CT molecular complexity index is 6120. The van der Waals surface area contributed by atoms with Crippen LogP contribution in [0.3, 0.4) is 0 Å². The maximum Gasteiger partial charge on any atom is 0.570 e. The van der Waals surface area contributed by atoms with E-state index in [0.29, 0.717) is 36.2 Å². The van der Waals surface area contributed by atoms with Crippen LogP contribution in [0, 0.1) is 17.2 Å². The first-order valence-electron chi connectivity index (χ1n) is 42.8. The van der Waals surface area contributed by atoms with E-state index < -0.39 is 203 Å². The lowest BCUT2D eigenvalue weighted by Crippen LogP contribution is -2.48. The number of nitrogens with zero attached hydrogens (tertiary/aromatic N) is 19. The van der Waals surface area contributed by atoms with Crippen LogP contribution >= 0.6 is 75.2 Å². The third-order valence-electron chi connectivity index (χ3n) is 20.9. The summed E-state index contributed by atoms with van der Waals surface area (Å²) >= 11 is 0. The van der Waals surface area contributed by atoms with Crippen molar-refractivity contribution in [3.05, 3.63) is 151 Å². The number of fused-ring (bicyclic) bond motifs is 2. The molecule has 4 aliphatic rings. The zero-order valence-electron chi connectivity index (χ0n) is 77.2. The molecule has 8 aromatic rings. The van der Waals surface area contributed by atoms with Crippen molar-refractivity contribution in [2.24, 2.45) is 16.1 Å². The Morgan fingerprint density at radius 1 is 0.593 bits per heavy atom. The third-order valence-corrected chi connectivity index (χ3v) is 28.4. The predicted molar refractivity (Wildman–Crippen MR) is 512 cm³/mol. The Balaban J connectivity index is 0.000000253. The number of nitrogens with one attached hydrogen (secondary N) is 3. The molecule has 0 aliphatic carbocycles. The largest absolute Gasteiger partial charge is 0.570 e. The smallest absolute Gasteiger partial charge is 0.455 e. The molecule has 0 unspecified atom stereocenters. The van der Waals surface area contributed by atoms with Crippen molar-refractivity contribution < 1.29 is 157 Å². The van der Waals surface area contributed by atoms with Crippen LogP contribution in [0.15, 0.2) is 118 Å². The van der Waals surface area contributed by atoms with Gasteiger partial charge in [-0.3, -0.25) is 32.1 Å². The van der Waals surface area contributed by atoms with Crippen LogP contribution in [-0.4, -0.2) is 285 Å². The zero-order valence-corrected chi connectivity index (χ0v) is 84.0. The molecular weight excluding hydrogens is 2090 g/mol. The molecule has 6 aromatic heterocycles. The van der Waals surface area contributed by atoms with Crippen LogP contribution in [0.4, 0.5) is 49.0 Å². The van der Waals surface area contributed by atoms with Crippen LogP contribution in [0.1, 0.15) is 102 Å². The number of nitrogen functional groups attached to an aromatic ring is 4. The lowest BCUT2D eigenvalue weighted by atomic mass is 10.0. The Hall–Kier alpha value is -10.8. The van der Waals surface area contributed by atoms with Crippen molar-refractivity contribution >= 4 is 162 Å². The van der Waals surface area contributed by atoms with E-state index in [1.54, 1.807) is 110 Å². The molecule has 0 spiro atoms. The molecule has 61 nitrogen and oxygen atoms in total. The van der Waals surface area contributed by atoms with Gasteiger partial charge in [-0.05, 0) is 93.3 Å². The highest BCUT2D eigenvalue weighted by atomic mass is 33.1. The van der Waals surface area contributed by atoms with Crippen LogP contribution < -0.4 is 50.3 Å². The summed E-state index contributed by atoms with van der Waals surface area (Å²) in [5, 5.41) is 56.2. The second kappa shape index (κ2) is 53.7. The number of azide groups is 2. The van der Waals surface area contributed by atoms with Gasteiger partial charge < -0.3 is 116 Å². The van der Waals surface area contributed by atoms with E-state index in [1.165, 1.54) is 74.2 Å². The Labute approximate surface area is 837 Å². The lowest BCUT2D eigenvalue weighted by molar-refractivity contribution is -0.159. The zero-order chi connectivity index (χ0) is 106. The number of esters is 2. The van der Waals surface area contributed by atoms with Gasteiger partial charge in [0.05, 0.1) is 31.8 Å². The number of hydrogen-bond acceptors (Lipinski definition) is 50. The highest BCUT2D eigenvalue weighted by Crippen LogP contribution is 2.58. The number of imidazole rings is 2. The number of alkyl carbamates (subject to hydrolysis) is 3. The predicted octanol–water partition coefficient (Wildman–Crippen LogP) is 4.85. The number of amides is 3. The standard InChI is InChI=1S/C39H53N13O18P2S2.C19H26N8O13P2.C18H23N5O4S2/c1-39(2,3)69-38(57)47-23(10-9-21(74-73-4)14-43-37(56)63-15-20-7-5-6-8-22(20)49-50-42)35(54)68-31-26(67-34(30(31)53)52-19-46-29-32(41)44-18-45-33(29)52)17-65-72(61,62)70-24-13-28(51-12-11-27(40)48-36(51)55)66-25(24)16-64-71(58,59)60;20-11-1-2-26(19(30)25-11)12-3-8(9(38-12)4-36-41(31,32)33)40-42(34,35)37-5-10-14(28)15(29)18(39-10)27-7-24-13-16(21)22-6-23-17(13)27;1-13(17(24)26-10-9-19)7-8-15(29-28-2)11-21-18(25)27-12-14-5-3-4-6-16(14)22-23-20/h5-8,11-12,18-19,21,23-26,28,30-31,34,53,61-62H,9-10,13-17H2,1-4H3,(H7-,40,41,43,44,45,47,48,55,56,57,58,59,60);1-2,6-10,12,14-15,18,28-29,34-35H,3-5H2,(H5-,20,21,22,23,25,30,31,32,33);3-6,13,15H,7-8,10-12H2,1-2H3,(H,21,25)/p+2/t21-,23-,24-,25+,26+,28+,30+,31+,34+;8-,9+,10+,12+,14+,15+,18+;13-,15-/m000/s1. The number of phosphoric acid groups is 2. The van der Waals surface area contributed by atoms with Crippen molar-refractivity contribution in [3.63, 3.8) is 0 Å². The van der Waals surface area contributed by atoms with Gasteiger partial charge in [0.1, 0.15) is 147 Å². The quantitative estimate of drug-likeness (QED) is 0.00461. The number of aliphatic hydroxyl groups excluding tert-OH is 3. The summed E-state index contributed by atoms with van der Waals surface area (Å²) in [6, 6.07) is 16.3. The summed E-state index contributed by atoms with van der Waals surface area (Å²) < 4.78 is 108. The van der Waals surface area contributed by atoms with E-state index in [2.05, 4.69) is 84.9 Å². The minimum absolute atomic E-state index is 0.0108. The van der Waals surface area contributed by atoms with Gasteiger partial charge in [-0.25, -0.2) is 67.8 Å². The number of carbonyl (C=O) groups is 5. The number of aromatic nitrogens is 12. The van der Waals surface area contributed by atoms with E-state index in [4.69, 9.17) is 110 Å².